The van der Waals surface area contributed by atoms with Gasteiger partial charge in [0.1, 0.15) is 17.4 Å². The zero-order valence-corrected chi connectivity index (χ0v) is 16.2. The maximum atomic E-state index is 12.2. The van der Waals surface area contributed by atoms with Crippen LogP contribution in [0, 0.1) is 13.8 Å². The van der Waals surface area contributed by atoms with E-state index in [2.05, 4.69) is 10.3 Å². The Labute approximate surface area is 161 Å². The summed E-state index contributed by atoms with van der Waals surface area (Å²) in [5.74, 6) is 0.655. The van der Waals surface area contributed by atoms with Gasteiger partial charge in [0, 0.05) is 16.1 Å². The number of ether oxygens (including phenoxy) is 1. The van der Waals surface area contributed by atoms with Crippen molar-refractivity contribution in [1.82, 2.24) is 4.98 Å². The topological polar surface area (TPSA) is 51.2 Å². The molecule has 4 nitrogen and oxygen atoms in total. The van der Waals surface area contributed by atoms with E-state index in [0.717, 1.165) is 27.7 Å². The third kappa shape index (κ3) is 5.07. The molecular weight excluding hydrogens is 368 g/mol. The van der Waals surface area contributed by atoms with Crippen LogP contribution in [-0.4, -0.2) is 10.9 Å². The van der Waals surface area contributed by atoms with Gasteiger partial charge in [-0.15, -0.1) is 11.3 Å². The first-order valence-electron chi connectivity index (χ1n) is 8.18. The fourth-order valence-electron chi connectivity index (χ4n) is 2.36. The second-order valence-corrected chi connectivity index (χ2v) is 7.38. The number of amides is 1. The lowest BCUT2D eigenvalue weighted by molar-refractivity contribution is -0.115. The van der Waals surface area contributed by atoms with Crippen LogP contribution < -0.4 is 10.1 Å². The van der Waals surface area contributed by atoms with E-state index in [0.29, 0.717) is 11.6 Å². The number of halogens is 1. The molecule has 0 radical (unpaired) electrons. The Morgan fingerprint density at radius 1 is 1.15 bits per heavy atom. The van der Waals surface area contributed by atoms with E-state index in [1.165, 1.54) is 16.9 Å². The normalized spacial score (nSPS) is 10.6. The molecule has 0 saturated heterocycles. The van der Waals surface area contributed by atoms with Gasteiger partial charge in [0.15, 0.2) is 0 Å². The number of hydrogen-bond acceptors (Lipinski definition) is 4. The van der Waals surface area contributed by atoms with Crippen LogP contribution in [0.1, 0.15) is 21.8 Å². The van der Waals surface area contributed by atoms with Gasteiger partial charge in [-0.25, -0.2) is 4.98 Å². The smallest absolute Gasteiger partial charge is 0.230 e. The van der Waals surface area contributed by atoms with Gasteiger partial charge >= 0.3 is 0 Å². The Bertz CT molecular complexity index is 906. The first-order valence-corrected chi connectivity index (χ1v) is 9.44. The zero-order valence-electron chi connectivity index (χ0n) is 14.6. The Hall–Kier alpha value is -2.37. The highest BCUT2D eigenvalue weighted by atomic mass is 35.5. The summed E-state index contributed by atoms with van der Waals surface area (Å²) in [5.41, 5.74) is 3.90. The molecule has 3 aromatic rings. The fraction of sp³-hybridized carbons (Fsp3) is 0.200. The van der Waals surface area contributed by atoms with Gasteiger partial charge < -0.3 is 10.1 Å². The predicted octanol–water partition coefficient (Wildman–Crippen LogP) is 5.17. The van der Waals surface area contributed by atoms with Crippen LogP contribution in [0.2, 0.25) is 5.02 Å². The summed E-state index contributed by atoms with van der Waals surface area (Å²) in [6, 6.07) is 13.1. The minimum Gasteiger partial charge on any atom is -0.486 e. The third-order valence-corrected chi connectivity index (χ3v) is 5.03. The van der Waals surface area contributed by atoms with E-state index in [-0.39, 0.29) is 12.3 Å². The maximum Gasteiger partial charge on any atom is 0.230 e. The number of aromatic nitrogens is 1. The maximum absolute atomic E-state index is 12.2. The number of nitrogens with one attached hydrogen (secondary N) is 1. The van der Waals surface area contributed by atoms with Crippen LogP contribution in [0.4, 0.5) is 5.69 Å². The van der Waals surface area contributed by atoms with Crippen molar-refractivity contribution >= 4 is 34.5 Å². The number of carbonyl (C=O) groups excluding carboxylic acids is 1. The van der Waals surface area contributed by atoms with E-state index in [1.54, 1.807) is 12.1 Å². The second-order valence-electron chi connectivity index (χ2n) is 6.00. The quantitative estimate of drug-likeness (QED) is 0.635. The molecule has 0 unspecified atom stereocenters. The number of nitrogens with zero attached hydrogens (tertiary/aromatic N) is 1. The van der Waals surface area contributed by atoms with Crippen molar-refractivity contribution in [1.29, 1.82) is 0 Å². The number of benzene rings is 2. The van der Waals surface area contributed by atoms with E-state index >= 15 is 0 Å². The van der Waals surface area contributed by atoms with Crippen molar-refractivity contribution in [2.45, 2.75) is 26.9 Å². The summed E-state index contributed by atoms with van der Waals surface area (Å²) in [6.45, 7) is 4.44. The first-order chi connectivity index (χ1) is 12.5. The number of rotatable bonds is 6. The van der Waals surface area contributed by atoms with Crippen molar-refractivity contribution in [2.75, 3.05) is 5.32 Å². The molecule has 0 saturated carbocycles. The molecule has 2 aromatic carbocycles. The van der Waals surface area contributed by atoms with Crippen LogP contribution >= 0.6 is 22.9 Å². The van der Waals surface area contributed by atoms with E-state index in [9.17, 15) is 4.79 Å². The lowest BCUT2D eigenvalue weighted by atomic mass is 10.1. The van der Waals surface area contributed by atoms with Crippen molar-refractivity contribution in [3.05, 3.63) is 74.7 Å². The SMILES string of the molecule is Cc1ccc(NC(=O)Cc2csc(COc3ccc(Cl)cc3)n2)cc1C. The Balaban J connectivity index is 1.53. The molecule has 6 heteroatoms. The highest BCUT2D eigenvalue weighted by Crippen LogP contribution is 2.19. The van der Waals surface area contributed by atoms with Gasteiger partial charge in [0.2, 0.25) is 5.91 Å². The molecule has 0 spiro atoms. The number of anilines is 1. The minimum absolute atomic E-state index is 0.0799. The summed E-state index contributed by atoms with van der Waals surface area (Å²) in [6.07, 6.45) is 0.240. The number of aryl methyl sites for hydroxylation is 2. The highest BCUT2D eigenvalue weighted by Gasteiger charge is 2.09. The van der Waals surface area contributed by atoms with E-state index < -0.39 is 0 Å². The van der Waals surface area contributed by atoms with Crippen LogP contribution in [-0.2, 0) is 17.8 Å². The first kappa shape index (κ1) is 18.4. The van der Waals surface area contributed by atoms with Gasteiger partial charge in [-0.3, -0.25) is 4.79 Å². The molecule has 1 amide bonds. The molecule has 0 fully saturated rings. The van der Waals surface area contributed by atoms with Crippen molar-refractivity contribution in [3.63, 3.8) is 0 Å². The predicted molar refractivity (Wildman–Crippen MR) is 106 cm³/mol. The number of thiazole rings is 1. The van der Waals surface area contributed by atoms with Crippen LogP contribution in [0.15, 0.2) is 47.8 Å². The van der Waals surface area contributed by atoms with Crippen LogP contribution in [0.5, 0.6) is 5.75 Å². The van der Waals surface area contributed by atoms with Crippen LogP contribution in [0.25, 0.3) is 0 Å². The fourth-order valence-corrected chi connectivity index (χ4v) is 3.19. The lowest BCUT2D eigenvalue weighted by Crippen LogP contribution is -2.14. The van der Waals surface area contributed by atoms with Crippen molar-refractivity contribution in [3.8, 4) is 5.75 Å². The molecule has 134 valence electrons. The summed E-state index contributed by atoms with van der Waals surface area (Å²) >= 11 is 7.33. The molecule has 0 atom stereocenters. The number of carbonyl (C=O) groups is 1. The van der Waals surface area contributed by atoms with Crippen molar-refractivity contribution < 1.29 is 9.53 Å². The average Bonchev–Trinajstić information content (AvgIpc) is 3.05. The monoisotopic (exact) mass is 386 g/mol. The Morgan fingerprint density at radius 3 is 2.65 bits per heavy atom. The standard InChI is InChI=1S/C20H19ClN2O2S/c1-13-3-6-16(9-14(13)2)22-19(24)10-17-12-26-20(23-17)11-25-18-7-4-15(21)5-8-18/h3-9,12H,10-11H2,1-2H3,(H,22,24). The average molecular weight is 387 g/mol. The summed E-state index contributed by atoms with van der Waals surface area (Å²) in [4.78, 5) is 16.7. The molecule has 1 heterocycles. The van der Waals surface area contributed by atoms with E-state index in [4.69, 9.17) is 16.3 Å². The highest BCUT2D eigenvalue weighted by molar-refractivity contribution is 7.09. The lowest BCUT2D eigenvalue weighted by Gasteiger charge is -2.07. The Kier molecular flexibility index (Phi) is 5.91. The molecular formula is C20H19ClN2O2S. The largest absolute Gasteiger partial charge is 0.486 e. The van der Waals surface area contributed by atoms with Gasteiger partial charge in [-0.05, 0) is 61.4 Å². The second kappa shape index (κ2) is 8.34. The molecule has 0 bridgehead atoms. The van der Waals surface area contributed by atoms with Crippen molar-refractivity contribution in [2.24, 2.45) is 0 Å². The molecule has 0 aliphatic carbocycles. The molecule has 0 aliphatic heterocycles. The Morgan fingerprint density at radius 2 is 1.92 bits per heavy atom. The summed E-state index contributed by atoms with van der Waals surface area (Å²) in [5, 5.41) is 6.30. The number of hydrogen-bond donors (Lipinski definition) is 1. The molecule has 1 N–H and O–H groups in total. The van der Waals surface area contributed by atoms with Crippen LogP contribution in [0.3, 0.4) is 0 Å². The van der Waals surface area contributed by atoms with Gasteiger partial charge in [0.25, 0.3) is 0 Å². The van der Waals surface area contributed by atoms with Gasteiger partial charge in [0.05, 0.1) is 12.1 Å². The summed E-state index contributed by atoms with van der Waals surface area (Å²) in [7, 11) is 0. The molecule has 0 aliphatic rings. The third-order valence-electron chi connectivity index (χ3n) is 3.91. The molecule has 26 heavy (non-hydrogen) atoms. The van der Waals surface area contributed by atoms with Gasteiger partial charge in [-0.1, -0.05) is 17.7 Å². The van der Waals surface area contributed by atoms with E-state index in [1.807, 2.05) is 49.6 Å². The zero-order chi connectivity index (χ0) is 18.5. The van der Waals surface area contributed by atoms with Gasteiger partial charge in [-0.2, -0.15) is 0 Å². The minimum atomic E-state index is -0.0799. The molecule has 3 rings (SSSR count). The molecule has 1 aromatic heterocycles. The summed E-state index contributed by atoms with van der Waals surface area (Å²) < 4.78 is 5.67.